The van der Waals surface area contributed by atoms with Gasteiger partial charge < -0.3 is 5.32 Å². The summed E-state index contributed by atoms with van der Waals surface area (Å²) in [6.07, 6.45) is 3.80. The van der Waals surface area contributed by atoms with Crippen molar-refractivity contribution in [3.05, 3.63) is 72.4 Å². The van der Waals surface area contributed by atoms with Crippen molar-refractivity contribution in [2.45, 2.75) is 6.92 Å². The first-order valence-corrected chi connectivity index (χ1v) is 5.92. The molecule has 0 bridgehead atoms. The fourth-order valence-electron chi connectivity index (χ4n) is 1.46. The second kappa shape index (κ2) is 8.11. The molecular formula is C16H17ClN2. The molecule has 0 aromatic heterocycles. The van der Waals surface area contributed by atoms with Crippen LogP contribution in [-0.2, 0) is 0 Å². The molecule has 0 aliphatic heterocycles. The van der Waals surface area contributed by atoms with Gasteiger partial charge in [-0.3, -0.25) is 4.99 Å². The molecule has 0 amide bonds. The highest BCUT2D eigenvalue weighted by molar-refractivity contribution is 5.85. The number of halogens is 1. The zero-order chi connectivity index (χ0) is 12.6. The van der Waals surface area contributed by atoms with E-state index in [1.165, 1.54) is 0 Å². The van der Waals surface area contributed by atoms with Gasteiger partial charge in [-0.25, -0.2) is 0 Å². The van der Waals surface area contributed by atoms with Gasteiger partial charge in [-0.15, -0.1) is 12.4 Å². The molecule has 19 heavy (non-hydrogen) atoms. The Hall–Kier alpha value is -2.06. The van der Waals surface area contributed by atoms with Crippen LogP contribution in [0.15, 0.2) is 77.4 Å². The number of hydrogen-bond donors (Lipinski definition) is 1. The predicted molar refractivity (Wildman–Crippen MR) is 85.7 cm³/mol. The molecular weight excluding hydrogens is 256 g/mol. The number of para-hydroxylation sites is 2. The topological polar surface area (TPSA) is 24.4 Å². The summed E-state index contributed by atoms with van der Waals surface area (Å²) in [5, 5.41) is 3.23. The van der Waals surface area contributed by atoms with Gasteiger partial charge in [-0.05, 0) is 36.8 Å². The zero-order valence-electron chi connectivity index (χ0n) is 10.8. The number of nitrogens with zero attached hydrogens (tertiary/aromatic N) is 1. The van der Waals surface area contributed by atoms with Crippen LogP contribution in [-0.4, -0.2) is 6.21 Å². The van der Waals surface area contributed by atoms with Crippen molar-refractivity contribution in [2.24, 2.45) is 4.99 Å². The van der Waals surface area contributed by atoms with Crippen LogP contribution in [0.5, 0.6) is 0 Å². The highest BCUT2D eigenvalue weighted by atomic mass is 35.5. The van der Waals surface area contributed by atoms with E-state index in [1.807, 2.05) is 80.0 Å². The number of benzene rings is 2. The molecule has 0 heterocycles. The molecule has 0 radical (unpaired) electrons. The van der Waals surface area contributed by atoms with E-state index in [4.69, 9.17) is 0 Å². The van der Waals surface area contributed by atoms with Gasteiger partial charge in [0.15, 0.2) is 0 Å². The van der Waals surface area contributed by atoms with Crippen LogP contribution < -0.4 is 5.32 Å². The third-order valence-corrected chi connectivity index (χ3v) is 2.41. The summed E-state index contributed by atoms with van der Waals surface area (Å²) in [6, 6.07) is 20.0. The monoisotopic (exact) mass is 272 g/mol. The molecule has 2 nitrogen and oxygen atoms in total. The van der Waals surface area contributed by atoms with Gasteiger partial charge in [0.2, 0.25) is 0 Å². The van der Waals surface area contributed by atoms with Crippen LogP contribution in [0.3, 0.4) is 0 Å². The summed E-state index contributed by atoms with van der Waals surface area (Å²) in [4.78, 5) is 4.39. The number of allylic oxidation sites excluding steroid dienone is 1. The molecule has 0 aliphatic carbocycles. The van der Waals surface area contributed by atoms with Gasteiger partial charge in [0.1, 0.15) is 0 Å². The molecule has 0 saturated heterocycles. The first-order valence-electron chi connectivity index (χ1n) is 5.92. The standard InChI is InChI=1S/C16H16N2.ClH/c1-14(12-17-15-8-4-2-5-9-15)13-18-16-10-6-3-7-11-16;/h2-13,17H,1H3;1H. The Balaban J connectivity index is 0.00000180. The third kappa shape index (κ3) is 5.40. The van der Waals surface area contributed by atoms with Crippen molar-refractivity contribution in [2.75, 3.05) is 5.32 Å². The van der Waals surface area contributed by atoms with E-state index in [9.17, 15) is 0 Å². The van der Waals surface area contributed by atoms with Crippen LogP contribution in [0.4, 0.5) is 11.4 Å². The Morgan fingerprint density at radius 3 is 2.16 bits per heavy atom. The molecule has 0 saturated carbocycles. The van der Waals surface area contributed by atoms with E-state index in [-0.39, 0.29) is 12.4 Å². The maximum Gasteiger partial charge on any atom is 0.0629 e. The lowest BCUT2D eigenvalue weighted by Gasteiger charge is -2.00. The van der Waals surface area contributed by atoms with E-state index < -0.39 is 0 Å². The summed E-state index contributed by atoms with van der Waals surface area (Å²) >= 11 is 0. The molecule has 3 heteroatoms. The summed E-state index contributed by atoms with van der Waals surface area (Å²) in [6.45, 7) is 2.02. The van der Waals surface area contributed by atoms with Crippen molar-refractivity contribution in [1.29, 1.82) is 0 Å². The van der Waals surface area contributed by atoms with E-state index in [0.717, 1.165) is 16.9 Å². The Kier molecular flexibility index (Phi) is 6.41. The maximum absolute atomic E-state index is 4.39. The second-order valence-electron chi connectivity index (χ2n) is 3.99. The molecule has 2 aromatic rings. The Bertz CT molecular complexity index is 533. The quantitative estimate of drug-likeness (QED) is 0.793. The van der Waals surface area contributed by atoms with Gasteiger partial charge in [-0.2, -0.15) is 0 Å². The van der Waals surface area contributed by atoms with Crippen LogP contribution >= 0.6 is 12.4 Å². The minimum atomic E-state index is 0. The van der Waals surface area contributed by atoms with Crippen LogP contribution in [0.1, 0.15) is 6.92 Å². The van der Waals surface area contributed by atoms with Crippen LogP contribution in [0, 0.1) is 0 Å². The van der Waals surface area contributed by atoms with Gasteiger partial charge >= 0.3 is 0 Å². The zero-order valence-corrected chi connectivity index (χ0v) is 11.6. The maximum atomic E-state index is 4.39. The van der Waals surface area contributed by atoms with Crippen molar-refractivity contribution in [1.82, 2.24) is 0 Å². The first kappa shape index (κ1) is 15.0. The SMILES string of the molecule is CC(C=Nc1ccccc1)=CNc1ccccc1.Cl. The van der Waals surface area contributed by atoms with Gasteiger partial charge in [0, 0.05) is 18.1 Å². The third-order valence-electron chi connectivity index (χ3n) is 2.41. The number of anilines is 1. The summed E-state index contributed by atoms with van der Waals surface area (Å²) < 4.78 is 0. The molecule has 98 valence electrons. The average molecular weight is 273 g/mol. The van der Waals surface area contributed by atoms with Gasteiger partial charge in [0.25, 0.3) is 0 Å². The molecule has 2 rings (SSSR count). The normalized spacial score (nSPS) is 11.1. The number of hydrogen-bond acceptors (Lipinski definition) is 2. The van der Waals surface area contributed by atoms with Crippen molar-refractivity contribution < 1.29 is 0 Å². The first-order chi connectivity index (χ1) is 8.84. The Morgan fingerprint density at radius 2 is 1.53 bits per heavy atom. The van der Waals surface area contributed by atoms with E-state index in [0.29, 0.717) is 0 Å². The van der Waals surface area contributed by atoms with Crippen LogP contribution in [0.25, 0.3) is 0 Å². The number of aliphatic imine (C=N–C) groups is 1. The number of rotatable bonds is 4. The highest BCUT2D eigenvalue weighted by Gasteiger charge is 1.87. The Morgan fingerprint density at radius 1 is 0.947 bits per heavy atom. The summed E-state index contributed by atoms with van der Waals surface area (Å²) in [7, 11) is 0. The van der Waals surface area contributed by atoms with E-state index >= 15 is 0 Å². The lowest BCUT2D eigenvalue weighted by molar-refractivity contribution is 1.48. The van der Waals surface area contributed by atoms with Crippen LogP contribution in [0.2, 0.25) is 0 Å². The molecule has 2 aromatic carbocycles. The smallest absolute Gasteiger partial charge is 0.0629 e. The number of nitrogens with one attached hydrogen (secondary N) is 1. The fourth-order valence-corrected chi connectivity index (χ4v) is 1.46. The highest BCUT2D eigenvalue weighted by Crippen LogP contribution is 2.10. The van der Waals surface area contributed by atoms with Gasteiger partial charge in [-0.1, -0.05) is 36.4 Å². The summed E-state index contributed by atoms with van der Waals surface area (Å²) in [5.74, 6) is 0. The molecule has 1 N–H and O–H groups in total. The van der Waals surface area contributed by atoms with Crippen molar-refractivity contribution in [3.8, 4) is 0 Å². The van der Waals surface area contributed by atoms with E-state index in [1.54, 1.807) is 0 Å². The molecule has 0 spiro atoms. The second-order valence-corrected chi connectivity index (χ2v) is 3.99. The van der Waals surface area contributed by atoms with Gasteiger partial charge in [0.05, 0.1) is 5.69 Å². The average Bonchev–Trinajstić information content (AvgIpc) is 2.45. The van der Waals surface area contributed by atoms with E-state index in [2.05, 4.69) is 10.3 Å². The fraction of sp³-hybridized carbons (Fsp3) is 0.0625. The summed E-state index contributed by atoms with van der Waals surface area (Å²) in [5.41, 5.74) is 3.11. The minimum absolute atomic E-state index is 0. The van der Waals surface area contributed by atoms with Crippen molar-refractivity contribution >= 4 is 30.0 Å². The molecule has 0 fully saturated rings. The van der Waals surface area contributed by atoms with Crippen molar-refractivity contribution in [3.63, 3.8) is 0 Å². The lowest BCUT2D eigenvalue weighted by Crippen LogP contribution is -1.89. The molecule has 0 unspecified atom stereocenters. The molecule has 0 atom stereocenters. The predicted octanol–water partition coefficient (Wildman–Crippen LogP) is 4.83. The molecule has 0 aliphatic rings. The minimum Gasteiger partial charge on any atom is -0.361 e. The Labute approximate surface area is 120 Å². The lowest BCUT2D eigenvalue weighted by atomic mass is 10.3. The largest absolute Gasteiger partial charge is 0.361 e.